The molecule has 120 valence electrons. The summed E-state index contributed by atoms with van der Waals surface area (Å²) >= 11 is 0. The molecule has 2 aliphatic rings. The number of ether oxygens (including phenoxy) is 1. The number of hydrogen-bond acceptors (Lipinski definition) is 3. The van der Waals surface area contributed by atoms with Crippen molar-refractivity contribution < 1.29 is 14.3 Å². The molecule has 3 atom stereocenters. The molecule has 2 amide bonds. The Balaban J connectivity index is 1.84. The van der Waals surface area contributed by atoms with Crippen LogP contribution in [0.1, 0.15) is 65.2 Å². The van der Waals surface area contributed by atoms with Crippen molar-refractivity contribution in [3.8, 4) is 0 Å². The Hall–Kier alpha value is -1.10. The Bertz CT molecular complexity index is 373. The lowest BCUT2D eigenvalue weighted by atomic mass is 9.88. The Kier molecular flexibility index (Phi) is 6.03. The van der Waals surface area contributed by atoms with Crippen molar-refractivity contribution in [3.63, 3.8) is 0 Å². The van der Waals surface area contributed by atoms with E-state index in [9.17, 15) is 9.59 Å². The first kappa shape index (κ1) is 16.3. The number of hydrazine groups is 1. The predicted octanol–water partition coefficient (Wildman–Crippen LogP) is 2.40. The molecule has 1 N–H and O–H groups in total. The van der Waals surface area contributed by atoms with Gasteiger partial charge < -0.3 is 4.74 Å². The highest BCUT2D eigenvalue weighted by Gasteiger charge is 2.28. The first-order valence-electron chi connectivity index (χ1n) is 8.36. The summed E-state index contributed by atoms with van der Waals surface area (Å²) < 4.78 is 6.00. The molecule has 0 aromatic heterocycles. The first-order chi connectivity index (χ1) is 10.1. The fraction of sp³-hybridized carbons (Fsp3) is 0.875. The third-order valence-electron chi connectivity index (χ3n) is 4.48. The number of nitrogens with one attached hydrogen (secondary N) is 1. The molecular formula is C16H28N2O3. The Morgan fingerprint density at radius 3 is 2.86 bits per heavy atom. The number of carbonyl (C=O) groups excluding carboxylic acids is 2. The van der Waals surface area contributed by atoms with Crippen molar-refractivity contribution in [2.75, 3.05) is 6.54 Å². The van der Waals surface area contributed by atoms with Crippen LogP contribution in [0.3, 0.4) is 0 Å². The van der Waals surface area contributed by atoms with Crippen LogP contribution < -0.4 is 5.43 Å². The maximum absolute atomic E-state index is 12.3. The van der Waals surface area contributed by atoms with E-state index in [0.29, 0.717) is 25.3 Å². The molecule has 5 nitrogen and oxygen atoms in total. The molecule has 1 heterocycles. The number of rotatable bonds is 5. The van der Waals surface area contributed by atoms with Gasteiger partial charge in [0, 0.05) is 13.0 Å². The van der Waals surface area contributed by atoms with Crippen LogP contribution >= 0.6 is 0 Å². The quantitative estimate of drug-likeness (QED) is 0.847. The van der Waals surface area contributed by atoms with E-state index in [4.69, 9.17) is 4.74 Å². The van der Waals surface area contributed by atoms with Crippen molar-refractivity contribution in [2.45, 2.75) is 77.4 Å². The van der Waals surface area contributed by atoms with E-state index < -0.39 is 6.10 Å². The van der Waals surface area contributed by atoms with Gasteiger partial charge in [0.15, 0.2) is 0 Å². The van der Waals surface area contributed by atoms with Gasteiger partial charge in [-0.15, -0.1) is 0 Å². The smallest absolute Gasteiger partial charge is 0.267 e. The highest BCUT2D eigenvalue weighted by Crippen LogP contribution is 2.27. The van der Waals surface area contributed by atoms with Crippen molar-refractivity contribution in [2.24, 2.45) is 5.92 Å². The average Bonchev–Trinajstić information content (AvgIpc) is 2.47. The second kappa shape index (κ2) is 7.78. The van der Waals surface area contributed by atoms with E-state index in [0.717, 1.165) is 25.7 Å². The van der Waals surface area contributed by atoms with Gasteiger partial charge in [-0.3, -0.25) is 20.0 Å². The minimum atomic E-state index is -0.449. The van der Waals surface area contributed by atoms with Crippen LogP contribution in [0.5, 0.6) is 0 Å². The molecule has 0 bridgehead atoms. The summed E-state index contributed by atoms with van der Waals surface area (Å²) in [6, 6.07) is 0. The van der Waals surface area contributed by atoms with Crippen molar-refractivity contribution in [1.82, 2.24) is 10.4 Å². The van der Waals surface area contributed by atoms with Crippen LogP contribution in [-0.2, 0) is 14.3 Å². The normalized spacial score (nSPS) is 28.3. The summed E-state index contributed by atoms with van der Waals surface area (Å²) in [5, 5.41) is 1.46. The lowest BCUT2D eigenvalue weighted by molar-refractivity contribution is -0.152. The number of piperidine rings is 1. The molecule has 0 aromatic rings. The summed E-state index contributed by atoms with van der Waals surface area (Å²) in [7, 11) is 0. The summed E-state index contributed by atoms with van der Waals surface area (Å²) in [6.07, 6.45) is 7.26. The summed E-state index contributed by atoms with van der Waals surface area (Å²) in [5.41, 5.74) is 2.74. The zero-order valence-corrected chi connectivity index (χ0v) is 13.3. The molecule has 1 saturated carbocycles. The highest BCUT2D eigenvalue weighted by molar-refractivity contribution is 5.85. The molecule has 0 radical (unpaired) electrons. The number of nitrogens with zero attached hydrogens (tertiary/aromatic N) is 1. The Labute approximate surface area is 127 Å². The van der Waals surface area contributed by atoms with Gasteiger partial charge in [0.05, 0.1) is 6.10 Å². The van der Waals surface area contributed by atoms with Gasteiger partial charge in [-0.05, 0) is 38.0 Å². The van der Waals surface area contributed by atoms with Gasteiger partial charge >= 0.3 is 0 Å². The highest BCUT2D eigenvalue weighted by atomic mass is 16.5. The van der Waals surface area contributed by atoms with Gasteiger partial charge in [-0.2, -0.15) is 0 Å². The van der Waals surface area contributed by atoms with Crippen LogP contribution in [0.4, 0.5) is 0 Å². The summed E-state index contributed by atoms with van der Waals surface area (Å²) in [5.74, 6) is 0.509. The second-order valence-corrected chi connectivity index (χ2v) is 6.41. The number of hydrogen-bond donors (Lipinski definition) is 1. The SMILES string of the molecule is CC[C@H](O[C@H]1CCC[C@H](C)C1)C(=O)NN1CCCCC1=O. The molecule has 1 aliphatic carbocycles. The van der Waals surface area contributed by atoms with Crippen molar-refractivity contribution >= 4 is 11.8 Å². The van der Waals surface area contributed by atoms with Crippen molar-refractivity contribution in [1.29, 1.82) is 0 Å². The molecule has 0 spiro atoms. The van der Waals surface area contributed by atoms with Gasteiger partial charge in [0.25, 0.3) is 5.91 Å². The zero-order chi connectivity index (χ0) is 15.2. The second-order valence-electron chi connectivity index (χ2n) is 6.41. The lowest BCUT2D eigenvalue weighted by Gasteiger charge is -2.32. The van der Waals surface area contributed by atoms with Crippen LogP contribution in [-0.4, -0.2) is 35.6 Å². The van der Waals surface area contributed by atoms with Crippen LogP contribution in [0.25, 0.3) is 0 Å². The van der Waals surface area contributed by atoms with Crippen LogP contribution in [0, 0.1) is 5.92 Å². The Morgan fingerprint density at radius 2 is 2.19 bits per heavy atom. The molecule has 0 aromatic carbocycles. The third kappa shape index (κ3) is 4.70. The molecule has 2 fully saturated rings. The minimum Gasteiger partial charge on any atom is -0.365 e. The molecule has 5 heteroatoms. The standard InChI is InChI=1S/C16H28N2O3/c1-3-14(21-13-8-6-7-12(2)11-13)16(20)17-18-10-5-4-9-15(18)19/h12-14H,3-11H2,1-2H3,(H,17,20)/t12-,13-,14-/m0/s1. The molecule has 21 heavy (non-hydrogen) atoms. The van der Waals surface area contributed by atoms with Gasteiger partial charge in [-0.25, -0.2) is 0 Å². The average molecular weight is 296 g/mol. The molecule has 2 rings (SSSR count). The maximum atomic E-state index is 12.3. The van der Waals surface area contributed by atoms with Gasteiger partial charge in [0.2, 0.25) is 5.91 Å². The van der Waals surface area contributed by atoms with Crippen molar-refractivity contribution in [3.05, 3.63) is 0 Å². The third-order valence-corrected chi connectivity index (χ3v) is 4.48. The molecule has 0 unspecified atom stereocenters. The predicted molar refractivity (Wildman–Crippen MR) is 80.3 cm³/mol. The topological polar surface area (TPSA) is 58.6 Å². The maximum Gasteiger partial charge on any atom is 0.267 e. The number of amides is 2. The van der Waals surface area contributed by atoms with Gasteiger partial charge in [0.1, 0.15) is 6.10 Å². The van der Waals surface area contributed by atoms with E-state index in [1.165, 1.54) is 17.9 Å². The summed E-state index contributed by atoms with van der Waals surface area (Å²) in [4.78, 5) is 24.1. The van der Waals surface area contributed by atoms with E-state index in [1.54, 1.807) is 0 Å². The summed E-state index contributed by atoms with van der Waals surface area (Å²) in [6.45, 7) is 4.80. The first-order valence-corrected chi connectivity index (χ1v) is 8.36. The van der Waals surface area contributed by atoms with Crippen LogP contribution in [0.2, 0.25) is 0 Å². The molecule has 1 aliphatic heterocycles. The van der Waals surface area contributed by atoms with Crippen LogP contribution in [0.15, 0.2) is 0 Å². The molecule has 1 saturated heterocycles. The van der Waals surface area contributed by atoms with E-state index in [-0.39, 0.29) is 17.9 Å². The zero-order valence-electron chi connectivity index (χ0n) is 13.3. The van der Waals surface area contributed by atoms with E-state index in [1.807, 2.05) is 6.92 Å². The monoisotopic (exact) mass is 296 g/mol. The fourth-order valence-electron chi connectivity index (χ4n) is 3.21. The van der Waals surface area contributed by atoms with Gasteiger partial charge in [-0.1, -0.05) is 26.7 Å². The Morgan fingerprint density at radius 1 is 1.38 bits per heavy atom. The minimum absolute atomic E-state index is 0.00995. The number of carbonyl (C=O) groups is 2. The van der Waals surface area contributed by atoms with E-state index in [2.05, 4.69) is 12.3 Å². The molecular weight excluding hydrogens is 268 g/mol. The fourth-order valence-corrected chi connectivity index (χ4v) is 3.21. The largest absolute Gasteiger partial charge is 0.365 e. The van der Waals surface area contributed by atoms with E-state index >= 15 is 0 Å². The lowest BCUT2D eigenvalue weighted by Crippen LogP contribution is -2.52.